The van der Waals surface area contributed by atoms with Crippen molar-refractivity contribution in [2.24, 2.45) is 5.92 Å². The van der Waals surface area contributed by atoms with Crippen LogP contribution >= 0.6 is 0 Å². The van der Waals surface area contributed by atoms with E-state index in [0.717, 1.165) is 24.6 Å². The molecule has 10 heteroatoms. The van der Waals surface area contributed by atoms with Crippen molar-refractivity contribution in [2.45, 2.75) is 38.9 Å². The summed E-state index contributed by atoms with van der Waals surface area (Å²) in [6.07, 6.45) is -0.00828. The molecule has 2 amide bonds. The Morgan fingerprint density at radius 2 is 2.00 bits per heavy atom. The third kappa shape index (κ3) is 5.91. The van der Waals surface area contributed by atoms with Crippen molar-refractivity contribution in [1.82, 2.24) is 15.3 Å². The Morgan fingerprint density at radius 3 is 2.63 bits per heavy atom. The van der Waals surface area contributed by atoms with Gasteiger partial charge in [-0.15, -0.1) is 0 Å². The van der Waals surface area contributed by atoms with E-state index in [1.807, 2.05) is 0 Å². The van der Waals surface area contributed by atoms with Crippen LogP contribution in [0, 0.1) is 12.8 Å². The largest absolute Gasteiger partial charge is 0.468 e. The fourth-order valence-electron chi connectivity index (χ4n) is 2.71. The van der Waals surface area contributed by atoms with E-state index in [9.17, 15) is 22.8 Å². The molecule has 30 heavy (non-hydrogen) atoms. The quantitative estimate of drug-likeness (QED) is 0.712. The van der Waals surface area contributed by atoms with Gasteiger partial charge in [0, 0.05) is 23.9 Å². The molecule has 160 valence electrons. The van der Waals surface area contributed by atoms with E-state index in [1.165, 1.54) is 13.0 Å². The molecule has 2 N–H and O–H groups in total. The predicted molar refractivity (Wildman–Crippen MR) is 102 cm³/mol. The number of alkyl halides is 3. The molecule has 3 rings (SSSR count). The molecule has 1 saturated carbocycles. The second-order valence-corrected chi connectivity index (χ2v) is 7.18. The molecule has 0 radical (unpaired) electrons. The van der Waals surface area contributed by atoms with Crippen molar-refractivity contribution in [3.63, 3.8) is 0 Å². The Morgan fingerprint density at radius 1 is 1.27 bits per heavy atom. The highest BCUT2D eigenvalue weighted by molar-refractivity contribution is 5.94. The van der Waals surface area contributed by atoms with Crippen molar-refractivity contribution >= 4 is 17.6 Å². The zero-order chi connectivity index (χ0) is 21.9. The number of halogens is 3. The normalized spacial score (nSPS) is 14.7. The molecular formula is C20H21F3N4O3. The maximum absolute atomic E-state index is 12.5. The highest BCUT2D eigenvalue weighted by Gasteiger charge is 2.30. The number of hydrogen-bond donors (Lipinski definition) is 2. The Kier molecular flexibility index (Phi) is 6.23. The molecule has 1 unspecified atom stereocenters. The average molecular weight is 422 g/mol. The first kappa shape index (κ1) is 21.5. The fourth-order valence-corrected chi connectivity index (χ4v) is 2.71. The molecule has 1 aliphatic carbocycles. The fraction of sp³-hybridized carbons (Fsp3) is 0.400. The third-order valence-corrected chi connectivity index (χ3v) is 4.50. The summed E-state index contributed by atoms with van der Waals surface area (Å²) in [5, 5.41) is 5.54. The number of carbonyl (C=O) groups excluding carboxylic acids is 2. The minimum atomic E-state index is -4.47. The molecule has 7 nitrogen and oxygen atoms in total. The summed E-state index contributed by atoms with van der Waals surface area (Å²) in [5.41, 5.74) is 1.24. The summed E-state index contributed by atoms with van der Waals surface area (Å²) in [4.78, 5) is 32.3. The van der Waals surface area contributed by atoms with Gasteiger partial charge in [-0.2, -0.15) is 13.2 Å². The van der Waals surface area contributed by atoms with E-state index in [2.05, 4.69) is 25.3 Å². The lowest BCUT2D eigenvalue weighted by atomic mass is 10.1. The number of rotatable bonds is 7. The Balaban J connectivity index is 1.62. The zero-order valence-electron chi connectivity index (χ0n) is 16.4. The van der Waals surface area contributed by atoms with Crippen molar-refractivity contribution in [3.05, 3.63) is 47.3 Å². The predicted octanol–water partition coefficient (Wildman–Crippen LogP) is 3.57. The molecule has 0 aromatic carbocycles. The number of anilines is 1. The van der Waals surface area contributed by atoms with E-state index in [0.29, 0.717) is 11.4 Å². The summed E-state index contributed by atoms with van der Waals surface area (Å²) in [6, 6.07) is 4.41. The van der Waals surface area contributed by atoms with Gasteiger partial charge in [0.05, 0.1) is 11.6 Å². The maximum atomic E-state index is 12.5. The van der Waals surface area contributed by atoms with Crippen LogP contribution in [0.2, 0.25) is 0 Å². The monoisotopic (exact) mass is 422 g/mol. The Bertz CT molecular complexity index is 945. The van der Waals surface area contributed by atoms with E-state index in [-0.39, 0.29) is 23.3 Å². The summed E-state index contributed by atoms with van der Waals surface area (Å²) in [6.45, 7) is 1.82. The van der Waals surface area contributed by atoms with E-state index < -0.39 is 24.7 Å². The van der Waals surface area contributed by atoms with E-state index in [1.54, 1.807) is 25.3 Å². The van der Waals surface area contributed by atoms with Crippen LogP contribution in [0.4, 0.5) is 19.0 Å². The number of pyridine rings is 2. The van der Waals surface area contributed by atoms with Gasteiger partial charge in [0.25, 0.3) is 5.91 Å². The van der Waals surface area contributed by atoms with Crippen LogP contribution in [0.15, 0.2) is 30.6 Å². The van der Waals surface area contributed by atoms with Crippen LogP contribution in [0.25, 0.3) is 0 Å². The number of carbonyl (C=O) groups is 2. The zero-order valence-corrected chi connectivity index (χ0v) is 16.4. The summed E-state index contributed by atoms with van der Waals surface area (Å²) >= 11 is 0. The molecule has 0 aliphatic heterocycles. The lowest BCUT2D eigenvalue weighted by Crippen LogP contribution is -2.27. The Hall–Kier alpha value is -3.17. The van der Waals surface area contributed by atoms with Gasteiger partial charge in [-0.3, -0.25) is 9.59 Å². The van der Waals surface area contributed by atoms with Gasteiger partial charge in [-0.1, -0.05) is 0 Å². The Labute approximate surface area is 171 Å². The molecule has 1 atom stereocenters. The molecule has 2 aromatic rings. The first-order chi connectivity index (χ1) is 14.1. The lowest BCUT2D eigenvalue weighted by molar-refractivity contribution is -0.154. The first-order valence-corrected chi connectivity index (χ1v) is 9.36. The number of hydrogen-bond acceptors (Lipinski definition) is 5. The second-order valence-electron chi connectivity index (χ2n) is 7.18. The maximum Gasteiger partial charge on any atom is 0.422 e. The van der Waals surface area contributed by atoms with Crippen molar-refractivity contribution in [2.75, 3.05) is 11.9 Å². The van der Waals surface area contributed by atoms with Gasteiger partial charge in [0.15, 0.2) is 6.61 Å². The van der Waals surface area contributed by atoms with Gasteiger partial charge in [0.2, 0.25) is 11.8 Å². The van der Waals surface area contributed by atoms with E-state index >= 15 is 0 Å². The number of nitrogens with zero attached hydrogens (tertiary/aromatic N) is 2. The minimum Gasteiger partial charge on any atom is -0.468 e. The minimum absolute atomic E-state index is 0.0476. The van der Waals surface area contributed by atoms with Crippen LogP contribution in [0.1, 0.15) is 47.3 Å². The van der Waals surface area contributed by atoms with Crippen LogP contribution in [-0.4, -0.2) is 34.6 Å². The smallest absolute Gasteiger partial charge is 0.422 e. The molecule has 1 fully saturated rings. The standard InChI is InChI=1S/C20H21F3N4O3/c1-11-7-15(9-25-19(11)30-10-20(21,22)23)18(29)26-12(2)14-5-6-24-16(8-14)27-17(28)13-3-4-13/h5-9,12-13H,3-4,10H2,1-2H3,(H,26,29)(H,24,27,28). The lowest BCUT2D eigenvalue weighted by Gasteiger charge is -2.16. The molecule has 0 spiro atoms. The summed E-state index contributed by atoms with van der Waals surface area (Å²) in [7, 11) is 0. The van der Waals surface area contributed by atoms with Gasteiger partial charge >= 0.3 is 6.18 Å². The van der Waals surface area contributed by atoms with Crippen LogP contribution in [0.3, 0.4) is 0 Å². The highest BCUT2D eigenvalue weighted by Crippen LogP contribution is 2.30. The molecule has 0 bridgehead atoms. The number of ether oxygens (including phenoxy) is 1. The molecule has 2 aromatic heterocycles. The van der Waals surface area contributed by atoms with Crippen molar-refractivity contribution < 1.29 is 27.5 Å². The van der Waals surface area contributed by atoms with Gasteiger partial charge < -0.3 is 15.4 Å². The number of aromatic nitrogens is 2. The SMILES string of the molecule is Cc1cc(C(=O)NC(C)c2ccnc(NC(=O)C3CC3)c2)cnc1OCC(F)(F)F. The van der Waals surface area contributed by atoms with Gasteiger partial charge in [-0.05, 0) is 50.5 Å². The number of nitrogens with one attached hydrogen (secondary N) is 2. The third-order valence-electron chi connectivity index (χ3n) is 4.50. The topological polar surface area (TPSA) is 93.2 Å². The van der Waals surface area contributed by atoms with Crippen molar-refractivity contribution in [3.8, 4) is 5.88 Å². The van der Waals surface area contributed by atoms with Crippen LogP contribution < -0.4 is 15.4 Å². The summed E-state index contributed by atoms with van der Waals surface area (Å²) < 4.78 is 41.5. The van der Waals surface area contributed by atoms with Crippen LogP contribution in [0.5, 0.6) is 5.88 Å². The molecular weight excluding hydrogens is 401 g/mol. The summed E-state index contributed by atoms with van der Waals surface area (Å²) in [5.74, 6) is -0.228. The average Bonchev–Trinajstić information content (AvgIpc) is 3.51. The molecule has 0 saturated heterocycles. The molecule has 2 heterocycles. The molecule has 1 aliphatic rings. The van der Waals surface area contributed by atoms with E-state index in [4.69, 9.17) is 0 Å². The van der Waals surface area contributed by atoms with Crippen molar-refractivity contribution in [1.29, 1.82) is 0 Å². The first-order valence-electron chi connectivity index (χ1n) is 9.36. The second kappa shape index (κ2) is 8.68. The highest BCUT2D eigenvalue weighted by atomic mass is 19.4. The van der Waals surface area contributed by atoms with Gasteiger partial charge in [0.1, 0.15) is 5.82 Å². The number of amides is 2. The van der Waals surface area contributed by atoms with Gasteiger partial charge in [-0.25, -0.2) is 9.97 Å². The van der Waals surface area contributed by atoms with Crippen LogP contribution in [-0.2, 0) is 4.79 Å². The number of aryl methyl sites for hydroxylation is 1.